The molecular formula is C14H20N2O3. The largest absolute Gasteiger partial charge is 0.493 e. The number of allylic oxidation sites excluding steroid dienone is 1. The van der Waals surface area contributed by atoms with Crippen LogP contribution in [0.15, 0.2) is 24.3 Å². The fourth-order valence-electron chi connectivity index (χ4n) is 1.51. The first kappa shape index (κ1) is 15.0. The van der Waals surface area contributed by atoms with E-state index in [2.05, 4.69) is 5.32 Å². The van der Waals surface area contributed by atoms with Gasteiger partial charge in [0.1, 0.15) is 0 Å². The Kier molecular flexibility index (Phi) is 6.46. The number of amides is 1. The highest BCUT2D eigenvalue weighted by Gasteiger charge is 2.07. The standard InChI is InChI=1S/C14H20N2O3/c1-3-4-11-5-6-12(13(9-11)18-2)19-10-14(17)16-8-7-15/h3-6,9H,7-8,10,15H2,1-2H3,(H,16,17)/b4-3+. The molecule has 0 aromatic heterocycles. The molecule has 1 rings (SSSR count). The zero-order chi connectivity index (χ0) is 14.1. The summed E-state index contributed by atoms with van der Waals surface area (Å²) in [5, 5.41) is 2.63. The molecule has 0 unspecified atom stereocenters. The van der Waals surface area contributed by atoms with Crippen LogP contribution in [0.5, 0.6) is 11.5 Å². The third-order valence-electron chi connectivity index (χ3n) is 2.37. The molecule has 19 heavy (non-hydrogen) atoms. The van der Waals surface area contributed by atoms with Crippen LogP contribution < -0.4 is 20.5 Å². The maximum atomic E-state index is 11.4. The molecule has 0 atom stereocenters. The van der Waals surface area contributed by atoms with Gasteiger partial charge in [-0.15, -0.1) is 0 Å². The maximum Gasteiger partial charge on any atom is 0.257 e. The van der Waals surface area contributed by atoms with Crippen molar-refractivity contribution in [3.63, 3.8) is 0 Å². The number of carbonyl (C=O) groups is 1. The van der Waals surface area contributed by atoms with Gasteiger partial charge >= 0.3 is 0 Å². The molecule has 104 valence electrons. The molecule has 0 spiro atoms. The lowest BCUT2D eigenvalue weighted by molar-refractivity contribution is -0.123. The van der Waals surface area contributed by atoms with E-state index in [4.69, 9.17) is 15.2 Å². The van der Waals surface area contributed by atoms with Gasteiger partial charge in [0, 0.05) is 13.1 Å². The summed E-state index contributed by atoms with van der Waals surface area (Å²) in [6, 6.07) is 5.53. The number of hydrogen-bond acceptors (Lipinski definition) is 4. The van der Waals surface area contributed by atoms with E-state index in [1.54, 1.807) is 13.2 Å². The van der Waals surface area contributed by atoms with Crippen LogP contribution in [-0.4, -0.2) is 32.7 Å². The van der Waals surface area contributed by atoms with E-state index in [9.17, 15) is 4.79 Å². The van der Waals surface area contributed by atoms with Crippen LogP contribution in [0.3, 0.4) is 0 Å². The summed E-state index contributed by atoms with van der Waals surface area (Å²) >= 11 is 0. The summed E-state index contributed by atoms with van der Waals surface area (Å²) < 4.78 is 10.7. The van der Waals surface area contributed by atoms with Gasteiger partial charge in [-0.3, -0.25) is 4.79 Å². The highest BCUT2D eigenvalue weighted by Crippen LogP contribution is 2.28. The highest BCUT2D eigenvalue weighted by atomic mass is 16.5. The molecular weight excluding hydrogens is 244 g/mol. The summed E-state index contributed by atoms with van der Waals surface area (Å²) in [6.45, 7) is 2.74. The van der Waals surface area contributed by atoms with Gasteiger partial charge in [-0.2, -0.15) is 0 Å². The molecule has 5 nitrogen and oxygen atoms in total. The van der Waals surface area contributed by atoms with Crippen LogP contribution in [-0.2, 0) is 4.79 Å². The van der Waals surface area contributed by atoms with E-state index in [0.717, 1.165) is 5.56 Å². The number of rotatable bonds is 7. The van der Waals surface area contributed by atoms with Gasteiger partial charge in [0.2, 0.25) is 0 Å². The molecule has 0 aliphatic heterocycles. The van der Waals surface area contributed by atoms with E-state index in [1.807, 2.05) is 31.2 Å². The quantitative estimate of drug-likeness (QED) is 0.775. The molecule has 1 aromatic carbocycles. The van der Waals surface area contributed by atoms with Crippen LogP contribution in [0.25, 0.3) is 6.08 Å². The first-order valence-corrected chi connectivity index (χ1v) is 6.11. The van der Waals surface area contributed by atoms with Crippen molar-refractivity contribution in [2.24, 2.45) is 5.73 Å². The van der Waals surface area contributed by atoms with Gasteiger partial charge in [0.15, 0.2) is 18.1 Å². The lowest BCUT2D eigenvalue weighted by Crippen LogP contribution is -2.32. The first-order valence-electron chi connectivity index (χ1n) is 6.11. The van der Waals surface area contributed by atoms with E-state index >= 15 is 0 Å². The minimum absolute atomic E-state index is 0.0562. The average molecular weight is 264 g/mol. The third-order valence-corrected chi connectivity index (χ3v) is 2.37. The second-order valence-electron chi connectivity index (χ2n) is 3.84. The smallest absolute Gasteiger partial charge is 0.257 e. The van der Waals surface area contributed by atoms with E-state index in [1.165, 1.54) is 0 Å². The van der Waals surface area contributed by atoms with Crippen molar-refractivity contribution in [2.45, 2.75) is 6.92 Å². The van der Waals surface area contributed by atoms with Gasteiger partial charge in [-0.1, -0.05) is 18.2 Å². The van der Waals surface area contributed by atoms with Crippen LogP contribution in [0.2, 0.25) is 0 Å². The predicted octanol–water partition coefficient (Wildman–Crippen LogP) is 1.18. The number of nitrogens with two attached hydrogens (primary N) is 1. The molecule has 3 N–H and O–H groups in total. The first-order chi connectivity index (χ1) is 9.21. The monoisotopic (exact) mass is 264 g/mol. The highest BCUT2D eigenvalue weighted by molar-refractivity contribution is 5.77. The summed E-state index contributed by atoms with van der Waals surface area (Å²) in [4.78, 5) is 11.4. The second-order valence-corrected chi connectivity index (χ2v) is 3.84. The van der Waals surface area contributed by atoms with Crippen molar-refractivity contribution in [3.05, 3.63) is 29.8 Å². The van der Waals surface area contributed by atoms with Crippen LogP contribution in [0.1, 0.15) is 12.5 Å². The topological polar surface area (TPSA) is 73.6 Å². The second kappa shape index (κ2) is 8.16. The fourth-order valence-corrected chi connectivity index (χ4v) is 1.51. The van der Waals surface area contributed by atoms with Gasteiger partial charge in [-0.05, 0) is 24.6 Å². The number of nitrogens with one attached hydrogen (secondary N) is 1. The Morgan fingerprint density at radius 1 is 1.42 bits per heavy atom. The van der Waals surface area contributed by atoms with Crippen molar-refractivity contribution in [2.75, 3.05) is 26.8 Å². The zero-order valence-corrected chi connectivity index (χ0v) is 11.3. The molecule has 0 aliphatic rings. The van der Waals surface area contributed by atoms with E-state index in [-0.39, 0.29) is 12.5 Å². The molecule has 0 radical (unpaired) electrons. The van der Waals surface area contributed by atoms with Crippen LogP contribution in [0, 0.1) is 0 Å². The van der Waals surface area contributed by atoms with Gasteiger partial charge in [0.25, 0.3) is 5.91 Å². The summed E-state index contributed by atoms with van der Waals surface area (Å²) in [7, 11) is 1.57. The van der Waals surface area contributed by atoms with Gasteiger partial charge < -0.3 is 20.5 Å². The average Bonchev–Trinajstić information content (AvgIpc) is 2.43. The molecule has 0 saturated carbocycles. The Labute approximate surface area is 113 Å². The molecule has 1 amide bonds. The van der Waals surface area contributed by atoms with Crippen LogP contribution in [0.4, 0.5) is 0 Å². The Hall–Kier alpha value is -2.01. The Balaban J connectivity index is 2.65. The fraction of sp³-hybridized carbons (Fsp3) is 0.357. The van der Waals surface area contributed by atoms with Gasteiger partial charge in [0.05, 0.1) is 7.11 Å². The molecule has 5 heteroatoms. The summed E-state index contributed by atoms with van der Waals surface area (Å²) in [6.07, 6.45) is 3.90. The molecule has 0 aliphatic carbocycles. The molecule has 0 heterocycles. The molecule has 0 saturated heterocycles. The number of hydrogen-bond donors (Lipinski definition) is 2. The summed E-state index contributed by atoms with van der Waals surface area (Å²) in [5.74, 6) is 0.936. The van der Waals surface area contributed by atoms with Crippen molar-refractivity contribution in [1.29, 1.82) is 0 Å². The van der Waals surface area contributed by atoms with Crippen molar-refractivity contribution in [3.8, 4) is 11.5 Å². The van der Waals surface area contributed by atoms with Gasteiger partial charge in [-0.25, -0.2) is 0 Å². The predicted molar refractivity (Wildman–Crippen MR) is 75.3 cm³/mol. The minimum Gasteiger partial charge on any atom is -0.493 e. The normalized spacial score (nSPS) is 10.5. The van der Waals surface area contributed by atoms with Crippen molar-refractivity contribution < 1.29 is 14.3 Å². The lowest BCUT2D eigenvalue weighted by Gasteiger charge is -2.11. The molecule has 1 aromatic rings. The lowest BCUT2D eigenvalue weighted by atomic mass is 10.2. The van der Waals surface area contributed by atoms with Crippen LogP contribution >= 0.6 is 0 Å². The number of benzene rings is 1. The summed E-state index contributed by atoms with van der Waals surface area (Å²) in [5.41, 5.74) is 6.31. The maximum absolute atomic E-state index is 11.4. The minimum atomic E-state index is -0.204. The third kappa shape index (κ3) is 5.01. The number of carbonyl (C=O) groups excluding carboxylic acids is 1. The Morgan fingerprint density at radius 2 is 2.21 bits per heavy atom. The number of methoxy groups -OCH3 is 1. The molecule has 0 bridgehead atoms. The Bertz CT molecular complexity index is 444. The molecule has 0 fully saturated rings. The Morgan fingerprint density at radius 3 is 2.84 bits per heavy atom. The SMILES string of the molecule is C/C=C/c1ccc(OCC(=O)NCCN)c(OC)c1. The van der Waals surface area contributed by atoms with E-state index < -0.39 is 0 Å². The van der Waals surface area contributed by atoms with Crippen molar-refractivity contribution in [1.82, 2.24) is 5.32 Å². The van der Waals surface area contributed by atoms with E-state index in [0.29, 0.717) is 24.6 Å². The number of ether oxygens (including phenoxy) is 2. The van der Waals surface area contributed by atoms with Crippen molar-refractivity contribution >= 4 is 12.0 Å². The zero-order valence-electron chi connectivity index (χ0n) is 11.3.